The Morgan fingerprint density at radius 3 is 2.47 bits per heavy atom. The maximum Gasteiger partial charge on any atom is 0.255 e. The summed E-state index contributed by atoms with van der Waals surface area (Å²) in [4.78, 5) is 14.0. The van der Waals surface area contributed by atoms with Gasteiger partial charge in [0.25, 0.3) is 5.91 Å². The SMILES string of the molecule is Cc1ccc(N)c(C(=O)N(C)CC(C)(C)C)c1. The molecule has 0 aromatic heterocycles. The molecular formula is C14H22N2O. The highest BCUT2D eigenvalue weighted by Crippen LogP contribution is 2.19. The lowest BCUT2D eigenvalue weighted by Gasteiger charge is -2.27. The second-order valence-electron chi connectivity index (χ2n) is 5.81. The van der Waals surface area contributed by atoms with E-state index in [-0.39, 0.29) is 11.3 Å². The standard InChI is InChI=1S/C14H22N2O/c1-10-6-7-12(15)11(8-10)13(17)16(5)9-14(2,3)4/h6-8H,9,15H2,1-5H3. The van der Waals surface area contributed by atoms with Gasteiger partial charge in [-0.3, -0.25) is 4.79 Å². The van der Waals surface area contributed by atoms with Crippen LogP contribution < -0.4 is 5.73 Å². The van der Waals surface area contributed by atoms with Crippen LogP contribution in [-0.4, -0.2) is 24.4 Å². The van der Waals surface area contributed by atoms with Gasteiger partial charge in [0.1, 0.15) is 0 Å². The van der Waals surface area contributed by atoms with Crippen molar-refractivity contribution in [1.29, 1.82) is 0 Å². The van der Waals surface area contributed by atoms with Crippen molar-refractivity contribution in [3.63, 3.8) is 0 Å². The van der Waals surface area contributed by atoms with Crippen LogP contribution in [0.1, 0.15) is 36.7 Å². The molecule has 3 nitrogen and oxygen atoms in total. The number of hydrogen-bond donors (Lipinski definition) is 1. The zero-order valence-corrected chi connectivity index (χ0v) is 11.4. The van der Waals surface area contributed by atoms with Crippen molar-refractivity contribution < 1.29 is 4.79 Å². The molecule has 0 fully saturated rings. The first-order chi connectivity index (χ1) is 7.70. The van der Waals surface area contributed by atoms with Crippen LogP contribution >= 0.6 is 0 Å². The minimum Gasteiger partial charge on any atom is -0.398 e. The van der Waals surface area contributed by atoms with Crippen molar-refractivity contribution in [3.8, 4) is 0 Å². The first-order valence-electron chi connectivity index (χ1n) is 5.82. The van der Waals surface area contributed by atoms with Crippen molar-refractivity contribution in [2.24, 2.45) is 5.41 Å². The third-order valence-corrected chi connectivity index (χ3v) is 2.50. The van der Waals surface area contributed by atoms with Gasteiger partial charge in [0.2, 0.25) is 0 Å². The number of hydrogen-bond acceptors (Lipinski definition) is 2. The Kier molecular flexibility index (Phi) is 3.81. The lowest BCUT2D eigenvalue weighted by atomic mass is 9.96. The number of nitrogen functional groups attached to an aromatic ring is 1. The molecule has 0 saturated carbocycles. The summed E-state index contributed by atoms with van der Waals surface area (Å²) < 4.78 is 0. The Bertz CT molecular complexity index is 419. The number of carbonyl (C=O) groups is 1. The zero-order chi connectivity index (χ0) is 13.2. The topological polar surface area (TPSA) is 46.3 Å². The van der Waals surface area contributed by atoms with Gasteiger partial charge in [-0.1, -0.05) is 32.4 Å². The van der Waals surface area contributed by atoms with Crippen LogP contribution in [0, 0.1) is 12.3 Å². The molecule has 0 unspecified atom stereocenters. The number of nitrogens with two attached hydrogens (primary N) is 1. The Morgan fingerprint density at radius 2 is 1.94 bits per heavy atom. The van der Waals surface area contributed by atoms with E-state index in [0.717, 1.165) is 5.56 Å². The van der Waals surface area contributed by atoms with Gasteiger partial charge in [-0.05, 0) is 24.5 Å². The highest BCUT2D eigenvalue weighted by atomic mass is 16.2. The smallest absolute Gasteiger partial charge is 0.255 e. The number of aryl methyl sites for hydroxylation is 1. The normalized spacial score (nSPS) is 11.4. The van der Waals surface area contributed by atoms with E-state index in [9.17, 15) is 4.79 Å². The Hall–Kier alpha value is -1.51. The fourth-order valence-corrected chi connectivity index (χ4v) is 1.84. The largest absolute Gasteiger partial charge is 0.398 e. The fraction of sp³-hybridized carbons (Fsp3) is 0.500. The van der Waals surface area contributed by atoms with Gasteiger partial charge in [0.05, 0.1) is 5.56 Å². The molecule has 0 aliphatic rings. The summed E-state index contributed by atoms with van der Waals surface area (Å²) >= 11 is 0. The van der Waals surface area contributed by atoms with E-state index in [4.69, 9.17) is 5.73 Å². The average molecular weight is 234 g/mol. The van der Waals surface area contributed by atoms with Crippen LogP contribution in [0.15, 0.2) is 18.2 Å². The predicted molar refractivity (Wildman–Crippen MR) is 72.0 cm³/mol. The van der Waals surface area contributed by atoms with Crippen LogP contribution in [0.25, 0.3) is 0 Å². The highest BCUT2D eigenvalue weighted by Gasteiger charge is 2.20. The molecule has 0 radical (unpaired) electrons. The first kappa shape index (κ1) is 13.6. The number of nitrogens with zero attached hydrogens (tertiary/aromatic N) is 1. The van der Waals surface area contributed by atoms with Gasteiger partial charge in [0, 0.05) is 19.3 Å². The van der Waals surface area contributed by atoms with Crippen LogP contribution in [0.3, 0.4) is 0 Å². The third-order valence-electron chi connectivity index (χ3n) is 2.50. The Morgan fingerprint density at radius 1 is 1.35 bits per heavy atom. The molecule has 0 spiro atoms. The van der Waals surface area contributed by atoms with Gasteiger partial charge in [-0.2, -0.15) is 0 Å². The van der Waals surface area contributed by atoms with E-state index >= 15 is 0 Å². The average Bonchev–Trinajstić information content (AvgIpc) is 2.18. The lowest BCUT2D eigenvalue weighted by Crippen LogP contribution is -2.34. The third kappa shape index (κ3) is 3.77. The number of benzene rings is 1. The molecule has 0 heterocycles. The van der Waals surface area contributed by atoms with Gasteiger partial charge in [-0.25, -0.2) is 0 Å². The first-order valence-corrected chi connectivity index (χ1v) is 5.82. The molecule has 1 rings (SSSR count). The van der Waals surface area contributed by atoms with E-state index in [1.54, 1.807) is 11.0 Å². The van der Waals surface area contributed by atoms with Crippen LogP contribution in [-0.2, 0) is 0 Å². The van der Waals surface area contributed by atoms with Crippen LogP contribution in [0.5, 0.6) is 0 Å². The predicted octanol–water partition coefficient (Wildman–Crippen LogP) is 2.70. The molecule has 3 heteroatoms. The summed E-state index contributed by atoms with van der Waals surface area (Å²) in [5, 5.41) is 0. The summed E-state index contributed by atoms with van der Waals surface area (Å²) in [6.07, 6.45) is 0. The summed E-state index contributed by atoms with van der Waals surface area (Å²) in [7, 11) is 1.81. The Labute approximate surface area is 104 Å². The van der Waals surface area contributed by atoms with Crippen molar-refractivity contribution in [3.05, 3.63) is 29.3 Å². The molecule has 1 amide bonds. The fourth-order valence-electron chi connectivity index (χ4n) is 1.84. The van der Waals surface area contributed by atoms with E-state index in [1.165, 1.54) is 0 Å². The van der Waals surface area contributed by atoms with E-state index in [2.05, 4.69) is 20.8 Å². The van der Waals surface area contributed by atoms with Crippen LogP contribution in [0.4, 0.5) is 5.69 Å². The number of rotatable bonds is 2. The lowest BCUT2D eigenvalue weighted by molar-refractivity contribution is 0.0746. The summed E-state index contributed by atoms with van der Waals surface area (Å²) in [5.74, 6) is -0.0128. The van der Waals surface area contributed by atoms with Crippen molar-refractivity contribution in [2.45, 2.75) is 27.7 Å². The van der Waals surface area contributed by atoms with Gasteiger partial charge < -0.3 is 10.6 Å². The van der Waals surface area contributed by atoms with E-state index in [0.29, 0.717) is 17.8 Å². The molecule has 2 N–H and O–H groups in total. The second-order valence-corrected chi connectivity index (χ2v) is 5.81. The minimum absolute atomic E-state index is 0.0128. The molecule has 0 aliphatic heterocycles. The minimum atomic E-state index is -0.0128. The molecule has 0 bridgehead atoms. The molecular weight excluding hydrogens is 212 g/mol. The van der Waals surface area contributed by atoms with Gasteiger partial charge >= 0.3 is 0 Å². The summed E-state index contributed by atoms with van der Waals surface area (Å²) in [5.41, 5.74) is 8.12. The van der Waals surface area contributed by atoms with E-state index < -0.39 is 0 Å². The van der Waals surface area contributed by atoms with Crippen molar-refractivity contribution in [1.82, 2.24) is 4.90 Å². The van der Waals surface area contributed by atoms with Gasteiger partial charge in [-0.15, -0.1) is 0 Å². The maximum atomic E-state index is 12.2. The molecule has 0 aliphatic carbocycles. The van der Waals surface area contributed by atoms with E-state index in [1.807, 2.05) is 26.1 Å². The molecule has 1 aromatic carbocycles. The zero-order valence-electron chi connectivity index (χ0n) is 11.4. The van der Waals surface area contributed by atoms with Crippen molar-refractivity contribution in [2.75, 3.05) is 19.3 Å². The maximum absolute atomic E-state index is 12.2. The van der Waals surface area contributed by atoms with Gasteiger partial charge in [0.15, 0.2) is 0 Å². The Balaban J connectivity index is 2.93. The summed E-state index contributed by atoms with van der Waals surface area (Å²) in [6, 6.07) is 5.54. The number of carbonyl (C=O) groups excluding carboxylic acids is 1. The molecule has 0 atom stereocenters. The van der Waals surface area contributed by atoms with Crippen LogP contribution in [0.2, 0.25) is 0 Å². The quantitative estimate of drug-likeness (QED) is 0.800. The monoisotopic (exact) mass is 234 g/mol. The number of amides is 1. The molecule has 94 valence electrons. The van der Waals surface area contributed by atoms with Crippen molar-refractivity contribution >= 4 is 11.6 Å². The highest BCUT2D eigenvalue weighted by molar-refractivity contribution is 5.99. The molecule has 1 aromatic rings. The molecule has 0 saturated heterocycles. The second kappa shape index (κ2) is 4.78. The summed E-state index contributed by atoms with van der Waals surface area (Å²) in [6.45, 7) is 8.99. The number of anilines is 1. The molecule has 17 heavy (non-hydrogen) atoms.